The second-order valence-electron chi connectivity index (χ2n) is 4.53. The van der Waals surface area contributed by atoms with Gasteiger partial charge < -0.3 is 11.6 Å². The van der Waals surface area contributed by atoms with Gasteiger partial charge in [0, 0.05) is 15.6 Å². The Morgan fingerprint density at radius 1 is 1.05 bits per heavy atom. The number of benzene rings is 2. The van der Waals surface area contributed by atoms with Crippen molar-refractivity contribution in [3.63, 3.8) is 0 Å². The zero-order valence-electron chi connectivity index (χ0n) is 10.9. The molecule has 2 aromatic carbocycles. The predicted molar refractivity (Wildman–Crippen MR) is 90.4 cm³/mol. The monoisotopic (exact) mass is 362 g/mol. The second-order valence-corrected chi connectivity index (χ2v) is 5.80. The maximum Gasteiger partial charge on any atom is 0.160 e. The van der Waals surface area contributed by atoms with Crippen molar-refractivity contribution in [2.45, 2.75) is 0 Å². The Labute approximate surface area is 135 Å². The van der Waals surface area contributed by atoms with Crippen LogP contribution in [0.25, 0.3) is 22.6 Å². The van der Waals surface area contributed by atoms with Crippen LogP contribution in [0.5, 0.6) is 0 Å². The van der Waals surface area contributed by atoms with Crippen molar-refractivity contribution in [3.8, 4) is 22.6 Å². The topological polar surface area (TPSA) is 69.9 Å². The number of halogens is 2. The number of anilines is 1. The second kappa shape index (κ2) is 5.42. The van der Waals surface area contributed by atoms with Gasteiger partial charge in [-0.1, -0.05) is 48.0 Å². The number of nitrogens with zero attached hydrogens (tertiary/aromatic N) is 2. The summed E-state index contributed by atoms with van der Waals surface area (Å²) in [5.41, 5.74) is 8.48. The molecule has 0 spiro atoms. The fourth-order valence-corrected chi connectivity index (χ4v) is 2.59. The number of hydrogen-bond donors (Lipinski definition) is 2. The number of aromatic nitrogens is 2. The lowest BCUT2D eigenvalue weighted by atomic mass is 10.1. The first-order chi connectivity index (χ1) is 10.1. The van der Waals surface area contributed by atoms with Gasteiger partial charge in [-0.15, -0.1) is 0 Å². The number of imidazole rings is 1. The van der Waals surface area contributed by atoms with Crippen LogP contribution in [0, 0.1) is 0 Å². The van der Waals surface area contributed by atoms with E-state index in [4.69, 9.17) is 23.2 Å². The van der Waals surface area contributed by atoms with Gasteiger partial charge in [-0.25, -0.2) is 9.66 Å². The maximum atomic E-state index is 6.09. The van der Waals surface area contributed by atoms with E-state index in [1.165, 1.54) is 4.68 Å². The minimum Gasteiger partial charge on any atom is -0.382 e. The molecule has 0 atom stereocenters. The molecule has 0 amide bonds. The van der Waals surface area contributed by atoms with Crippen molar-refractivity contribution in [1.82, 2.24) is 9.66 Å². The van der Waals surface area contributed by atoms with Crippen LogP contribution < -0.4 is 11.6 Å². The van der Waals surface area contributed by atoms with Gasteiger partial charge in [-0.05, 0) is 28.1 Å². The van der Waals surface area contributed by atoms with E-state index in [-0.39, 0.29) is 0 Å². The van der Waals surface area contributed by atoms with Crippen molar-refractivity contribution in [2.75, 3.05) is 11.6 Å². The van der Waals surface area contributed by atoms with E-state index in [9.17, 15) is 0 Å². The zero-order valence-corrected chi connectivity index (χ0v) is 13.3. The summed E-state index contributed by atoms with van der Waals surface area (Å²) in [5.74, 6) is 7.06. The van der Waals surface area contributed by atoms with Gasteiger partial charge in [-0.2, -0.15) is 0 Å². The van der Waals surface area contributed by atoms with Gasteiger partial charge in [0.05, 0.1) is 5.02 Å². The van der Waals surface area contributed by atoms with Crippen molar-refractivity contribution in [2.24, 2.45) is 0 Å². The van der Waals surface area contributed by atoms with E-state index < -0.39 is 0 Å². The van der Waals surface area contributed by atoms with E-state index >= 15 is 0 Å². The van der Waals surface area contributed by atoms with Gasteiger partial charge in [0.1, 0.15) is 5.69 Å². The smallest absolute Gasteiger partial charge is 0.160 e. The molecule has 4 nitrogen and oxygen atoms in total. The first-order valence-corrected chi connectivity index (χ1v) is 7.39. The first-order valence-electron chi connectivity index (χ1n) is 6.22. The largest absolute Gasteiger partial charge is 0.382 e. The Morgan fingerprint density at radius 2 is 1.76 bits per heavy atom. The fraction of sp³-hybridized carbons (Fsp3) is 0. The molecule has 6 heteroatoms. The highest BCUT2D eigenvalue weighted by Crippen LogP contribution is 2.33. The molecule has 0 saturated carbocycles. The molecule has 0 aliphatic rings. The highest BCUT2D eigenvalue weighted by Gasteiger charge is 2.16. The van der Waals surface area contributed by atoms with Crippen molar-refractivity contribution in [1.29, 1.82) is 0 Å². The molecule has 1 aromatic heterocycles. The molecule has 106 valence electrons. The third kappa shape index (κ3) is 2.50. The summed E-state index contributed by atoms with van der Waals surface area (Å²) in [6.07, 6.45) is 0. The molecule has 0 radical (unpaired) electrons. The number of nitrogen functional groups attached to an aromatic ring is 2. The van der Waals surface area contributed by atoms with Gasteiger partial charge in [0.2, 0.25) is 0 Å². The van der Waals surface area contributed by atoms with Crippen LogP contribution in [0.15, 0.2) is 53.0 Å². The highest BCUT2D eigenvalue weighted by molar-refractivity contribution is 9.10. The van der Waals surface area contributed by atoms with E-state index in [1.54, 1.807) is 6.07 Å². The van der Waals surface area contributed by atoms with E-state index in [1.807, 2.05) is 42.5 Å². The Kier molecular flexibility index (Phi) is 3.61. The predicted octanol–water partition coefficient (Wildman–Crippen LogP) is 3.93. The van der Waals surface area contributed by atoms with Crippen LogP contribution in [0.1, 0.15) is 0 Å². The van der Waals surface area contributed by atoms with Gasteiger partial charge in [0.25, 0.3) is 0 Å². The van der Waals surface area contributed by atoms with Gasteiger partial charge in [0.15, 0.2) is 11.6 Å². The molecule has 1 heterocycles. The fourth-order valence-electron chi connectivity index (χ4n) is 2.09. The summed E-state index contributed by atoms with van der Waals surface area (Å²) in [6, 6.07) is 15.2. The quantitative estimate of drug-likeness (QED) is 0.678. The van der Waals surface area contributed by atoms with Crippen LogP contribution >= 0.6 is 27.5 Å². The molecule has 3 rings (SSSR count). The van der Waals surface area contributed by atoms with Crippen molar-refractivity contribution < 1.29 is 0 Å². The molecule has 0 fully saturated rings. The molecule has 4 N–H and O–H groups in total. The van der Waals surface area contributed by atoms with E-state index in [0.29, 0.717) is 22.4 Å². The molecule has 0 bridgehead atoms. The molecule has 0 saturated heterocycles. The molecule has 21 heavy (non-hydrogen) atoms. The molecular weight excluding hydrogens is 352 g/mol. The highest BCUT2D eigenvalue weighted by atomic mass is 79.9. The summed E-state index contributed by atoms with van der Waals surface area (Å²) in [4.78, 5) is 4.57. The van der Waals surface area contributed by atoms with Gasteiger partial charge in [-0.3, -0.25) is 0 Å². The summed E-state index contributed by atoms with van der Waals surface area (Å²) in [5, 5.41) is 0.632. The summed E-state index contributed by atoms with van der Waals surface area (Å²) >= 11 is 9.41. The van der Waals surface area contributed by atoms with Crippen LogP contribution in [0.4, 0.5) is 5.82 Å². The van der Waals surface area contributed by atoms with Crippen LogP contribution in [0.2, 0.25) is 5.02 Å². The minimum atomic E-state index is 0.406. The average Bonchev–Trinajstić information content (AvgIpc) is 2.79. The molecule has 3 aromatic rings. The third-order valence-electron chi connectivity index (χ3n) is 3.17. The van der Waals surface area contributed by atoms with E-state index in [2.05, 4.69) is 20.9 Å². The summed E-state index contributed by atoms with van der Waals surface area (Å²) < 4.78 is 2.18. The molecule has 0 aliphatic heterocycles. The lowest BCUT2D eigenvalue weighted by molar-refractivity contribution is 1.02. The van der Waals surface area contributed by atoms with Gasteiger partial charge >= 0.3 is 0 Å². The van der Waals surface area contributed by atoms with Crippen molar-refractivity contribution in [3.05, 3.63) is 58.0 Å². The normalized spacial score (nSPS) is 10.8. The summed E-state index contributed by atoms with van der Waals surface area (Å²) in [7, 11) is 0. The maximum absolute atomic E-state index is 6.09. The summed E-state index contributed by atoms with van der Waals surface area (Å²) in [6.45, 7) is 0. The lowest BCUT2D eigenvalue weighted by Crippen LogP contribution is -2.13. The Bertz CT molecular complexity index is 799. The van der Waals surface area contributed by atoms with Crippen LogP contribution in [0.3, 0.4) is 0 Å². The Morgan fingerprint density at radius 3 is 2.43 bits per heavy atom. The number of nitrogens with two attached hydrogens (primary N) is 2. The number of rotatable bonds is 2. The third-order valence-corrected chi connectivity index (χ3v) is 4.39. The Balaban J connectivity index is 2.15. The lowest BCUT2D eigenvalue weighted by Gasteiger charge is -2.03. The zero-order chi connectivity index (χ0) is 15.0. The molecule has 0 aliphatic carbocycles. The first kappa shape index (κ1) is 14.0. The minimum absolute atomic E-state index is 0.406. The number of hydrogen-bond acceptors (Lipinski definition) is 3. The van der Waals surface area contributed by atoms with Crippen LogP contribution in [-0.4, -0.2) is 9.66 Å². The van der Waals surface area contributed by atoms with Crippen molar-refractivity contribution >= 4 is 33.3 Å². The SMILES string of the molecule is Nc1c(-c2ccc(Cl)c(Br)c2)nc(-c2ccccc2)n1N. The Hall–Kier alpha value is -1.98. The van der Waals surface area contributed by atoms with Crippen LogP contribution in [-0.2, 0) is 0 Å². The molecule has 0 unspecified atom stereocenters. The van der Waals surface area contributed by atoms with E-state index in [0.717, 1.165) is 15.6 Å². The molecular formula is C15H12BrClN4. The average molecular weight is 364 g/mol. The standard InChI is InChI=1S/C15H12BrClN4/c16-11-8-10(6-7-12(11)17)13-14(18)21(19)15(20-13)9-4-2-1-3-5-9/h1-8H,18-19H2.